The molecule has 5 rings (SSSR count). The van der Waals surface area contributed by atoms with Crippen molar-refractivity contribution in [1.82, 2.24) is 9.80 Å². The number of rotatable bonds is 4. The van der Waals surface area contributed by atoms with Crippen molar-refractivity contribution < 1.29 is 13.9 Å². The van der Waals surface area contributed by atoms with Crippen molar-refractivity contribution in [1.29, 1.82) is 0 Å². The molecular weight excluding hydrogens is 376 g/mol. The van der Waals surface area contributed by atoms with E-state index in [4.69, 9.17) is 9.15 Å². The lowest BCUT2D eigenvalue weighted by molar-refractivity contribution is -0.130. The Kier molecular flexibility index (Phi) is 4.75. The SMILES string of the molecule is Cc1cc(C)c2c(CC(=O)N3C[C@@H]4C(C)(C)C[C@]4(CN4CCOCC4)C3)coc2c1. The third-order valence-electron chi connectivity index (χ3n) is 7.83. The molecule has 0 N–H and O–H groups in total. The number of morpholine rings is 1. The number of nitrogens with zero attached hydrogens (tertiary/aromatic N) is 2. The van der Waals surface area contributed by atoms with Crippen molar-refractivity contribution in [3.8, 4) is 0 Å². The minimum atomic E-state index is 0.240. The predicted octanol–water partition coefficient (Wildman–Crippen LogP) is 3.80. The summed E-state index contributed by atoms with van der Waals surface area (Å²) in [5.41, 5.74) is 4.86. The summed E-state index contributed by atoms with van der Waals surface area (Å²) in [7, 11) is 0. The van der Waals surface area contributed by atoms with Crippen LogP contribution in [0.25, 0.3) is 11.0 Å². The number of carbonyl (C=O) groups is 1. The first kappa shape index (κ1) is 20.1. The Morgan fingerprint density at radius 1 is 1.20 bits per heavy atom. The van der Waals surface area contributed by atoms with Crippen molar-refractivity contribution in [3.63, 3.8) is 0 Å². The van der Waals surface area contributed by atoms with Crippen molar-refractivity contribution in [2.45, 2.75) is 40.5 Å². The van der Waals surface area contributed by atoms with E-state index in [9.17, 15) is 4.79 Å². The highest BCUT2D eigenvalue weighted by atomic mass is 16.5. The molecule has 2 saturated heterocycles. The minimum absolute atomic E-state index is 0.240. The molecule has 0 spiro atoms. The highest BCUT2D eigenvalue weighted by Gasteiger charge is 2.63. The van der Waals surface area contributed by atoms with Crippen molar-refractivity contribution >= 4 is 16.9 Å². The van der Waals surface area contributed by atoms with Gasteiger partial charge in [0.25, 0.3) is 0 Å². The molecule has 2 aromatic rings. The third kappa shape index (κ3) is 3.27. The fourth-order valence-corrected chi connectivity index (χ4v) is 6.77. The van der Waals surface area contributed by atoms with E-state index in [1.54, 1.807) is 6.26 Å². The van der Waals surface area contributed by atoms with E-state index in [-0.39, 0.29) is 11.3 Å². The highest BCUT2D eigenvalue weighted by molar-refractivity contribution is 5.90. The van der Waals surface area contributed by atoms with Crippen LogP contribution in [-0.2, 0) is 16.0 Å². The van der Waals surface area contributed by atoms with Gasteiger partial charge in [-0.2, -0.15) is 0 Å². The molecule has 0 bridgehead atoms. The molecule has 3 fully saturated rings. The van der Waals surface area contributed by atoms with Gasteiger partial charge in [-0.1, -0.05) is 19.9 Å². The topological polar surface area (TPSA) is 45.9 Å². The van der Waals surface area contributed by atoms with Crippen LogP contribution >= 0.6 is 0 Å². The van der Waals surface area contributed by atoms with E-state index in [1.807, 2.05) is 0 Å². The zero-order valence-corrected chi connectivity index (χ0v) is 18.8. The second-order valence-electron chi connectivity index (χ2n) is 10.6. The Bertz CT molecular complexity index is 972. The number of likely N-dealkylation sites (tertiary alicyclic amines) is 1. The molecule has 2 atom stereocenters. The Hall–Kier alpha value is -1.85. The van der Waals surface area contributed by atoms with Gasteiger partial charge < -0.3 is 14.1 Å². The zero-order valence-electron chi connectivity index (χ0n) is 18.8. The molecule has 1 amide bonds. The normalized spacial score (nSPS) is 28.5. The van der Waals surface area contributed by atoms with E-state index in [0.29, 0.717) is 17.8 Å². The lowest BCUT2D eigenvalue weighted by atomic mass is 9.48. The van der Waals surface area contributed by atoms with Crippen LogP contribution in [0, 0.1) is 30.6 Å². The Balaban J connectivity index is 1.33. The molecule has 5 heteroatoms. The number of ether oxygens (including phenoxy) is 1. The number of furan rings is 1. The number of carbonyl (C=O) groups excluding carboxylic acids is 1. The molecule has 3 aliphatic rings. The van der Waals surface area contributed by atoms with Gasteiger partial charge in [-0.3, -0.25) is 9.69 Å². The molecular formula is C25H34N2O3. The first-order valence-corrected chi connectivity index (χ1v) is 11.3. The van der Waals surface area contributed by atoms with Gasteiger partial charge in [-0.15, -0.1) is 0 Å². The van der Waals surface area contributed by atoms with Crippen molar-refractivity contribution in [2.24, 2.45) is 16.7 Å². The number of benzene rings is 1. The molecule has 1 aliphatic carbocycles. The van der Waals surface area contributed by atoms with Crippen LogP contribution < -0.4 is 0 Å². The number of hydrogen-bond donors (Lipinski definition) is 0. The lowest BCUT2D eigenvalue weighted by Gasteiger charge is -2.58. The standard InChI is InChI=1S/C25H34N2O3/c1-17-9-18(2)23-19(13-30-20(23)10-17)11-22(28)27-12-21-24(3,4)14-25(21,16-27)15-26-5-7-29-8-6-26/h9-10,13,21H,5-8,11-12,14-16H2,1-4H3/t21-,25+/m1/s1. The van der Waals surface area contributed by atoms with Crippen LogP contribution in [0.2, 0.25) is 0 Å². The molecule has 0 unspecified atom stereocenters. The van der Waals surface area contributed by atoms with Crippen LogP contribution in [0.1, 0.15) is 37.0 Å². The number of amides is 1. The number of hydrogen-bond acceptors (Lipinski definition) is 4. The summed E-state index contributed by atoms with van der Waals surface area (Å²) in [6, 6.07) is 4.23. The second kappa shape index (κ2) is 7.10. The molecule has 3 heterocycles. The fourth-order valence-electron chi connectivity index (χ4n) is 6.77. The molecule has 2 aliphatic heterocycles. The van der Waals surface area contributed by atoms with Gasteiger partial charge >= 0.3 is 0 Å². The molecule has 1 saturated carbocycles. The van der Waals surface area contributed by atoms with Gasteiger partial charge in [0.1, 0.15) is 5.58 Å². The monoisotopic (exact) mass is 410 g/mol. The van der Waals surface area contributed by atoms with E-state index in [1.165, 1.54) is 17.5 Å². The summed E-state index contributed by atoms with van der Waals surface area (Å²) in [5, 5.41) is 1.11. The lowest BCUT2D eigenvalue weighted by Crippen LogP contribution is -2.59. The Labute approximate surface area is 179 Å². The summed E-state index contributed by atoms with van der Waals surface area (Å²) in [4.78, 5) is 18.0. The molecule has 162 valence electrons. The first-order valence-electron chi connectivity index (χ1n) is 11.3. The smallest absolute Gasteiger partial charge is 0.227 e. The maximum absolute atomic E-state index is 13.3. The number of aryl methyl sites for hydroxylation is 2. The third-order valence-corrected chi connectivity index (χ3v) is 7.83. The minimum Gasteiger partial charge on any atom is -0.464 e. The van der Waals surface area contributed by atoms with Gasteiger partial charge in [0.2, 0.25) is 5.91 Å². The van der Waals surface area contributed by atoms with Crippen molar-refractivity contribution in [2.75, 3.05) is 45.9 Å². The first-order chi connectivity index (χ1) is 14.3. The van der Waals surface area contributed by atoms with Crippen LogP contribution in [-0.4, -0.2) is 61.6 Å². The molecule has 30 heavy (non-hydrogen) atoms. The Morgan fingerprint density at radius 2 is 1.97 bits per heavy atom. The zero-order chi connectivity index (χ0) is 21.1. The van der Waals surface area contributed by atoms with E-state index in [0.717, 1.165) is 62.5 Å². The van der Waals surface area contributed by atoms with Crippen LogP contribution in [0.4, 0.5) is 0 Å². The summed E-state index contributed by atoms with van der Waals surface area (Å²) in [5.74, 6) is 0.825. The van der Waals surface area contributed by atoms with E-state index < -0.39 is 0 Å². The van der Waals surface area contributed by atoms with Gasteiger partial charge in [-0.25, -0.2) is 0 Å². The average Bonchev–Trinajstić information content (AvgIpc) is 3.22. The summed E-state index contributed by atoms with van der Waals surface area (Å²) >= 11 is 0. The summed E-state index contributed by atoms with van der Waals surface area (Å²) < 4.78 is 11.3. The van der Waals surface area contributed by atoms with Crippen LogP contribution in [0.5, 0.6) is 0 Å². The maximum atomic E-state index is 13.3. The second-order valence-corrected chi connectivity index (χ2v) is 10.6. The highest BCUT2D eigenvalue weighted by Crippen LogP contribution is 2.63. The fraction of sp³-hybridized carbons (Fsp3) is 0.640. The molecule has 1 aromatic heterocycles. The molecule has 0 radical (unpaired) electrons. The average molecular weight is 411 g/mol. The van der Waals surface area contributed by atoms with Gasteiger partial charge in [0.05, 0.1) is 25.9 Å². The van der Waals surface area contributed by atoms with Gasteiger partial charge in [0.15, 0.2) is 0 Å². The quantitative estimate of drug-likeness (QED) is 0.769. The van der Waals surface area contributed by atoms with E-state index in [2.05, 4.69) is 49.6 Å². The largest absolute Gasteiger partial charge is 0.464 e. The molecule has 5 nitrogen and oxygen atoms in total. The van der Waals surface area contributed by atoms with Crippen LogP contribution in [0.3, 0.4) is 0 Å². The van der Waals surface area contributed by atoms with E-state index >= 15 is 0 Å². The van der Waals surface area contributed by atoms with Gasteiger partial charge in [-0.05, 0) is 48.8 Å². The maximum Gasteiger partial charge on any atom is 0.227 e. The van der Waals surface area contributed by atoms with Crippen LogP contribution in [0.15, 0.2) is 22.8 Å². The summed E-state index contributed by atoms with van der Waals surface area (Å²) in [6.45, 7) is 15.5. The van der Waals surface area contributed by atoms with Crippen molar-refractivity contribution in [3.05, 3.63) is 35.1 Å². The number of fused-ring (bicyclic) bond motifs is 2. The Morgan fingerprint density at radius 3 is 2.70 bits per heavy atom. The van der Waals surface area contributed by atoms with Gasteiger partial charge in [0, 0.05) is 49.1 Å². The predicted molar refractivity (Wildman–Crippen MR) is 118 cm³/mol. The summed E-state index contributed by atoms with van der Waals surface area (Å²) in [6.07, 6.45) is 3.42. The molecule has 1 aromatic carbocycles.